The largest absolute Gasteiger partial charge is 0.350 e. The average molecular weight is 564 g/mol. The molecule has 0 fully saturated rings. The number of hydrogen-bond donors (Lipinski definition) is 1. The van der Waals surface area contributed by atoms with Gasteiger partial charge >= 0.3 is 0 Å². The maximum Gasteiger partial charge on any atom is 0.243 e. The molecule has 0 aromatic heterocycles. The number of aryl methyl sites for hydroxylation is 1. The van der Waals surface area contributed by atoms with Crippen LogP contribution in [0.25, 0.3) is 0 Å². The summed E-state index contributed by atoms with van der Waals surface area (Å²) in [7, 11) is -2.14. The second-order valence-corrected chi connectivity index (χ2v) is 13.2. The third-order valence-corrected chi connectivity index (χ3v) is 8.56. The van der Waals surface area contributed by atoms with Gasteiger partial charge in [0, 0.05) is 38.5 Å². The van der Waals surface area contributed by atoms with Crippen LogP contribution in [0.1, 0.15) is 50.3 Å². The maximum atomic E-state index is 13.8. The maximum absolute atomic E-state index is 13.8. The smallest absolute Gasteiger partial charge is 0.243 e. The van der Waals surface area contributed by atoms with Crippen LogP contribution in [-0.4, -0.2) is 54.6 Å². The fourth-order valence-electron chi connectivity index (χ4n) is 4.47. The van der Waals surface area contributed by atoms with Crippen LogP contribution in [0.3, 0.4) is 0 Å². The number of carbonyl (C=O) groups excluding carboxylic acids is 2. The van der Waals surface area contributed by atoms with E-state index in [4.69, 9.17) is 0 Å². The summed E-state index contributed by atoms with van der Waals surface area (Å²) < 4.78 is 27.1. The standard InChI is InChI=1S/C32H41N3O4S/c1-25-15-12-13-18-27(25)24-35(29(31(37)33-32(2,3)4)23-26-16-8-6-9-17-26)30(36)21-14-22-34(5)40(38,39)28-19-10-7-11-20-28/h6-13,15-20,29H,14,21-24H2,1-5H3,(H,33,37)/t29-/m1/s1. The lowest BCUT2D eigenvalue weighted by Gasteiger charge is -2.34. The van der Waals surface area contributed by atoms with E-state index in [2.05, 4.69) is 5.32 Å². The molecule has 2 amide bonds. The van der Waals surface area contributed by atoms with E-state index < -0.39 is 21.6 Å². The molecule has 0 unspecified atom stereocenters. The van der Waals surface area contributed by atoms with Crippen molar-refractivity contribution in [1.82, 2.24) is 14.5 Å². The number of rotatable bonds is 12. The molecule has 40 heavy (non-hydrogen) atoms. The number of nitrogens with zero attached hydrogens (tertiary/aromatic N) is 2. The summed E-state index contributed by atoms with van der Waals surface area (Å²) in [4.78, 5) is 29.4. The highest BCUT2D eigenvalue weighted by Crippen LogP contribution is 2.20. The summed E-state index contributed by atoms with van der Waals surface area (Å²) in [5.74, 6) is -0.416. The first-order valence-corrected chi connectivity index (χ1v) is 15.0. The molecule has 3 aromatic carbocycles. The Kier molecular flexibility index (Phi) is 10.7. The molecule has 1 N–H and O–H groups in total. The van der Waals surface area contributed by atoms with Crippen molar-refractivity contribution in [2.24, 2.45) is 0 Å². The molecule has 0 heterocycles. The number of nitrogens with one attached hydrogen (secondary N) is 1. The first kappa shape index (κ1) is 31.0. The zero-order valence-corrected chi connectivity index (χ0v) is 24.9. The van der Waals surface area contributed by atoms with E-state index in [0.29, 0.717) is 12.8 Å². The van der Waals surface area contributed by atoms with Crippen molar-refractivity contribution < 1.29 is 18.0 Å². The summed E-state index contributed by atoms with van der Waals surface area (Å²) in [6, 6.07) is 25.0. The second-order valence-electron chi connectivity index (χ2n) is 11.1. The minimum Gasteiger partial charge on any atom is -0.350 e. The van der Waals surface area contributed by atoms with Crippen molar-refractivity contribution in [2.75, 3.05) is 13.6 Å². The molecule has 0 spiro atoms. The van der Waals surface area contributed by atoms with Crippen LogP contribution < -0.4 is 5.32 Å². The Morgan fingerprint density at radius 2 is 1.45 bits per heavy atom. The van der Waals surface area contributed by atoms with Gasteiger partial charge in [-0.05, 0) is 62.9 Å². The summed E-state index contributed by atoms with van der Waals surface area (Å²) in [5, 5.41) is 3.07. The van der Waals surface area contributed by atoms with Crippen molar-refractivity contribution in [3.63, 3.8) is 0 Å². The molecule has 0 aliphatic heterocycles. The normalized spacial score (nSPS) is 12.7. The van der Waals surface area contributed by atoms with Crippen LogP contribution in [0.4, 0.5) is 0 Å². The lowest BCUT2D eigenvalue weighted by atomic mass is 9.99. The van der Waals surface area contributed by atoms with Gasteiger partial charge in [-0.3, -0.25) is 9.59 Å². The molecule has 0 saturated carbocycles. The van der Waals surface area contributed by atoms with Gasteiger partial charge in [0.1, 0.15) is 6.04 Å². The predicted molar refractivity (Wildman–Crippen MR) is 159 cm³/mol. The highest BCUT2D eigenvalue weighted by atomic mass is 32.2. The van der Waals surface area contributed by atoms with Crippen molar-refractivity contribution in [1.29, 1.82) is 0 Å². The van der Waals surface area contributed by atoms with Gasteiger partial charge in [-0.1, -0.05) is 72.8 Å². The zero-order chi connectivity index (χ0) is 29.3. The Labute approximate surface area is 239 Å². The SMILES string of the molecule is Cc1ccccc1CN(C(=O)CCCN(C)S(=O)(=O)c1ccccc1)[C@H](Cc1ccccc1)C(=O)NC(C)(C)C. The van der Waals surface area contributed by atoms with Gasteiger partial charge in [0.15, 0.2) is 0 Å². The van der Waals surface area contributed by atoms with Gasteiger partial charge in [-0.15, -0.1) is 0 Å². The Bertz CT molecular complexity index is 1370. The van der Waals surface area contributed by atoms with E-state index >= 15 is 0 Å². The number of amides is 2. The van der Waals surface area contributed by atoms with Crippen LogP contribution in [-0.2, 0) is 32.6 Å². The molecule has 0 radical (unpaired) electrons. The molecular formula is C32H41N3O4S. The molecule has 0 aliphatic rings. The molecule has 0 saturated heterocycles. The van der Waals surface area contributed by atoms with Crippen molar-refractivity contribution in [3.8, 4) is 0 Å². The van der Waals surface area contributed by atoms with Gasteiger partial charge in [0.05, 0.1) is 4.90 Å². The topological polar surface area (TPSA) is 86.8 Å². The van der Waals surface area contributed by atoms with Crippen LogP contribution in [0.5, 0.6) is 0 Å². The molecule has 8 heteroatoms. The number of benzene rings is 3. The third kappa shape index (κ3) is 8.76. The Morgan fingerprint density at radius 1 is 0.875 bits per heavy atom. The summed E-state index contributed by atoms with van der Waals surface area (Å²) in [5.41, 5.74) is 2.47. The Morgan fingerprint density at radius 3 is 2.05 bits per heavy atom. The number of hydrogen-bond acceptors (Lipinski definition) is 4. The lowest BCUT2D eigenvalue weighted by Crippen LogP contribution is -2.54. The fourth-order valence-corrected chi connectivity index (χ4v) is 5.70. The second kappa shape index (κ2) is 13.7. The van der Waals surface area contributed by atoms with E-state index in [1.165, 1.54) is 11.4 Å². The quantitative estimate of drug-likeness (QED) is 0.338. The lowest BCUT2D eigenvalue weighted by molar-refractivity contribution is -0.142. The van der Waals surface area contributed by atoms with Crippen LogP contribution >= 0.6 is 0 Å². The van der Waals surface area contributed by atoms with E-state index in [0.717, 1.165) is 16.7 Å². The summed E-state index contributed by atoms with van der Waals surface area (Å²) in [6.07, 6.45) is 0.794. The van der Waals surface area contributed by atoms with Crippen molar-refractivity contribution in [2.45, 2.75) is 70.0 Å². The molecule has 3 rings (SSSR count). The van der Waals surface area contributed by atoms with Crippen LogP contribution in [0.2, 0.25) is 0 Å². The molecule has 0 aliphatic carbocycles. The van der Waals surface area contributed by atoms with Gasteiger partial charge < -0.3 is 10.2 Å². The zero-order valence-electron chi connectivity index (χ0n) is 24.1. The summed E-state index contributed by atoms with van der Waals surface area (Å²) in [6.45, 7) is 8.20. The molecule has 7 nitrogen and oxygen atoms in total. The minimum atomic E-state index is -3.66. The van der Waals surface area contributed by atoms with E-state index in [1.807, 2.05) is 82.3 Å². The van der Waals surface area contributed by atoms with Crippen molar-refractivity contribution in [3.05, 3.63) is 102 Å². The van der Waals surface area contributed by atoms with Gasteiger partial charge in [-0.2, -0.15) is 0 Å². The first-order valence-electron chi connectivity index (χ1n) is 13.6. The van der Waals surface area contributed by atoms with Gasteiger partial charge in [0.2, 0.25) is 21.8 Å². The summed E-state index contributed by atoms with van der Waals surface area (Å²) >= 11 is 0. The number of carbonyl (C=O) groups is 2. The van der Waals surface area contributed by atoms with E-state index in [-0.39, 0.29) is 36.2 Å². The average Bonchev–Trinajstić information content (AvgIpc) is 2.91. The number of sulfonamides is 1. The van der Waals surface area contributed by atoms with Gasteiger partial charge in [0.25, 0.3) is 0 Å². The third-order valence-electron chi connectivity index (χ3n) is 6.69. The molecule has 214 valence electrons. The minimum absolute atomic E-state index is 0.106. The fraction of sp³-hybridized carbons (Fsp3) is 0.375. The van der Waals surface area contributed by atoms with Crippen molar-refractivity contribution >= 4 is 21.8 Å². The van der Waals surface area contributed by atoms with Crippen LogP contribution in [0, 0.1) is 6.92 Å². The molecule has 0 bridgehead atoms. The molecule has 1 atom stereocenters. The van der Waals surface area contributed by atoms with E-state index in [1.54, 1.807) is 35.2 Å². The molecular weight excluding hydrogens is 522 g/mol. The monoisotopic (exact) mass is 563 g/mol. The Hall–Kier alpha value is -3.49. The highest BCUT2D eigenvalue weighted by molar-refractivity contribution is 7.89. The first-order chi connectivity index (χ1) is 18.9. The molecule has 3 aromatic rings. The van der Waals surface area contributed by atoms with Gasteiger partial charge in [-0.25, -0.2) is 12.7 Å². The Balaban J connectivity index is 1.85. The highest BCUT2D eigenvalue weighted by Gasteiger charge is 2.32. The van der Waals surface area contributed by atoms with E-state index in [9.17, 15) is 18.0 Å². The predicted octanol–water partition coefficient (Wildman–Crippen LogP) is 4.95. The van der Waals surface area contributed by atoms with Crippen LogP contribution in [0.15, 0.2) is 89.8 Å².